The molecule has 9 heteroatoms. The summed E-state index contributed by atoms with van der Waals surface area (Å²) in [7, 11) is 0. The Morgan fingerprint density at radius 3 is 2.52 bits per heavy atom. The monoisotopic (exact) mass is 507 g/mol. The van der Waals surface area contributed by atoms with E-state index in [1.807, 2.05) is 31.2 Å². The van der Waals surface area contributed by atoms with Gasteiger partial charge in [0.1, 0.15) is 11.5 Å². The van der Waals surface area contributed by atoms with Gasteiger partial charge < -0.3 is 9.47 Å². The number of carbonyl (C=O) groups excluding carboxylic acids is 2. The molecule has 0 aliphatic rings. The molecule has 2 rings (SSSR count). The maximum atomic E-state index is 12.6. The molecule has 0 aliphatic carbocycles. The zero-order chi connectivity index (χ0) is 22.8. The number of ether oxygens (including phenoxy) is 2. The molecule has 7 nitrogen and oxygen atoms in total. The van der Waals surface area contributed by atoms with Crippen molar-refractivity contribution >= 4 is 45.1 Å². The Morgan fingerprint density at radius 1 is 1.06 bits per heavy atom. The standard InChI is InChI=1S/C22H26BrN3O4S/c1-4-11-29-19-10-9-15(23)12-17(19)21(28)24-22(31)26-25-20(27)13-30-18-8-6-5-7-16(18)14(2)3/h5-10,12,14H,4,11,13H2,1-3H3,(H,25,27)(H2,24,26,28,31). The molecule has 2 amide bonds. The molecule has 0 heterocycles. The van der Waals surface area contributed by atoms with Crippen LogP contribution in [0.3, 0.4) is 0 Å². The number of para-hydroxylation sites is 1. The summed E-state index contributed by atoms with van der Waals surface area (Å²) in [5, 5.41) is 2.47. The minimum atomic E-state index is -0.457. The zero-order valence-electron chi connectivity index (χ0n) is 17.7. The molecule has 166 valence electrons. The lowest BCUT2D eigenvalue weighted by atomic mass is 10.0. The van der Waals surface area contributed by atoms with E-state index in [2.05, 4.69) is 45.9 Å². The van der Waals surface area contributed by atoms with Crippen LogP contribution in [0.15, 0.2) is 46.9 Å². The van der Waals surface area contributed by atoms with Gasteiger partial charge in [-0.15, -0.1) is 0 Å². The van der Waals surface area contributed by atoms with Crippen LogP contribution in [0.1, 0.15) is 49.0 Å². The summed E-state index contributed by atoms with van der Waals surface area (Å²) < 4.78 is 11.9. The van der Waals surface area contributed by atoms with Gasteiger partial charge in [0.2, 0.25) is 0 Å². The summed E-state index contributed by atoms with van der Waals surface area (Å²) in [6.07, 6.45) is 0.812. The highest BCUT2D eigenvalue weighted by Gasteiger charge is 2.15. The highest BCUT2D eigenvalue weighted by molar-refractivity contribution is 9.10. The first-order valence-corrected chi connectivity index (χ1v) is 11.1. The molecule has 0 saturated heterocycles. The van der Waals surface area contributed by atoms with Crippen molar-refractivity contribution < 1.29 is 19.1 Å². The molecule has 2 aromatic carbocycles. The van der Waals surface area contributed by atoms with E-state index in [-0.39, 0.29) is 17.6 Å². The molecule has 0 bridgehead atoms. The second kappa shape index (κ2) is 12.3. The number of hydrazine groups is 1. The Bertz CT molecular complexity index is 937. The van der Waals surface area contributed by atoms with Gasteiger partial charge >= 0.3 is 0 Å². The average molecular weight is 508 g/mol. The zero-order valence-corrected chi connectivity index (χ0v) is 20.1. The van der Waals surface area contributed by atoms with E-state index in [0.717, 1.165) is 16.5 Å². The number of halogens is 1. The van der Waals surface area contributed by atoms with E-state index in [9.17, 15) is 9.59 Å². The minimum absolute atomic E-state index is 0.0534. The van der Waals surface area contributed by atoms with E-state index >= 15 is 0 Å². The third-order valence-corrected chi connectivity index (χ3v) is 4.79. The molecule has 0 unspecified atom stereocenters. The molecule has 0 fully saturated rings. The van der Waals surface area contributed by atoms with Crippen LogP contribution in [-0.2, 0) is 4.79 Å². The number of nitrogens with one attached hydrogen (secondary N) is 3. The number of carbonyl (C=O) groups is 2. The Hall–Kier alpha value is -2.65. The summed E-state index contributed by atoms with van der Waals surface area (Å²) in [4.78, 5) is 24.6. The topological polar surface area (TPSA) is 88.7 Å². The molecular formula is C22H26BrN3O4S. The van der Waals surface area contributed by atoms with Crippen LogP contribution < -0.4 is 25.6 Å². The molecule has 2 aromatic rings. The fraction of sp³-hybridized carbons (Fsp3) is 0.318. The second-order valence-corrected chi connectivity index (χ2v) is 8.25. The van der Waals surface area contributed by atoms with Gasteiger partial charge in [0.05, 0.1) is 12.2 Å². The van der Waals surface area contributed by atoms with E-state index in [1.54, 1.807) is 18.2 Å². The molecule has 0 atom stereocenters. The van der Waals surface area contributed by atoms with Gasteiger partial charge in [-0.2, -0.15) is 0 Å². The minimum Gasteiger partial charge on any atom is -0.493 e. The van der Waals surface area contributed by atoms with Crippen molar-refractivity contribution in [3.63, 3.8) is 0 Å². The van der Waals surface area contributed by atoms with Crippen molar-refractivity contribution in [2.24, 2.45) is 0 Å². The average Bonchev–Trinajstić information content (AvgIpc) is 2.75. The number of hydrogen-bond acceptors (Lipinski definition) is 5. The molecular weight excluding hydrogens is 482 g/mol. The Balaban J connectivity index is 1.86. The van der Waals surface area contributed by atoms with Crippen LogP contribution in [-0.4, -0.2) is 30.1 Å². The third kappa shape index (κ3) is 7.84. The number of benzene rings is 2. The van der Waals surface area contributed by atoms with Gasteiger partial charge in [-0.1, -0.05) is 54.9 Å². The van der Waals surface area contributed by atoms with Crippen LogP contribution >= 0.6 is 28.1 Å². The largest absolute Gasteiger partial charge is 0.493 e. The molecule has 3 N–H and O–H groups in total. The molecule has 0 saturated carbocycles. The Labute approximate surface area is 196 Å². The normalized spacial score (nSPS) is 10.4. The molecule has 0 spiro atoms. The number of amides is 2. The summed E-state index contributed by atoms with van der Waals surface area (Å²) in [5.74, 6) is 0.472. The van der Waals surface area contributed by atoms with Crippen LogP contribution in [0.25, 0.3) is 0 Å². The van der Waals surface area contributed by atoms with Crippen molar-refractivity contribution in [3.05, 3.63) is 58.1 Å². The van der Waals surface area contributed by atoms with Gasteiger partial charge in [-0.05, 0) is 54.4 Å². The van der Waals surface area contributed by atoms with E-state index in [0.29, 0.717) is 23.7 Å². The van der Waals surface area contributed by atoms with Crippen LogP contribution in [0, 0.1) is 0 Å². The van der Waals surface area contributed by atoms with E-state index < -0.39 is 11.8 Å². The molecule has 0 radical (unpaired) electrons. The van der Waals surface area contributed by atoms with E-state index in [4.69, 9.17) is 21.7 Å². The van der Waals surface area contributed by atoms with Gasteiger partial charge in [-0.25, -0.2) is 0 Å². The quantitative estimate of drug-likeness (QED) is 0.368. The fourth-order valence-corrected chi connectivity index (χ4v) is 3.12. The summed E-state index contributed by atoms with van der Waals surface area (Å²) >= 11 is 8.44. The highest BCUT2D eigenvalue weighted by Crippen LogP contribution is 2.26. The van der Waals surface area contributed by atoms with Crippen molar-refractivity contribution in [2.75, 3.05) is 13.2 Å². The van der Waals surface area contributed by atoms with Gasteiger partial charge in [0, 0.05) is 4.47 Å². The summed E-state index contributed by atoms with van der Waals surface area (Å²) in [6.45, 7) is 6.36. The lowest BCUT2D eigenvalue weighted by Gasteiger charge is -2.15. The van der Waals surface area contributed by atoms with Crippen LogP contribution in [0.5, 0.6) is 11.5 Å². The SMILES string of the molecule is CCCOc1ccc(Br)cc1C(=O)NC(=S)NNC(=O)COc1ccccc1C(C)C. The summed E-state index contributed by atoms with van der Waals surface area (Å²) in [6, 6.07) is 12.7. The van der Waals surface area contributed by atoms with Crippen LogP contribution in [0.2, 0.25) is 0 Å². The van der Waals surface area contributed by atoms with E-state index in [1.165, 1.54) is 0 Å². The smallest absolute Gasteiger partial charge is 0.276 e. The second-order valence-electron chi connectivity index (χ2n) is 6.93. The predicted molar refractivity (Wildman–Crippen MR) is 127 cm³/mol. The van der Waals surface area contributed by atoms with Gasteiger partial charge in [0.25, 0.3) is 11.8 Å². The molecule has 31 heavy (non-hydrogen) atoms. The third-order valence-electron chi connectivity index (χ3n) is 4.09. The lowest BCUT2D eigenvalue weighted by Crippen LogP contribution is -2.49. The fourth-order valence-electron chi connectivity index (χ4n) is 2.61. The molecule has 0 aromatic heterocycles. The number of thiocarbonyl (C=S) groups is 1. The first-order valence-electron chi connectivity index (χ1n) is 9.86. The Kier molecular flexibility index (Phi) is 9.74. The first kappa shape index (κ1) is 24.6. The van der Waals surface area contributed by atoms with Crippen molar-refractivity contribution in [3.8, 4) is 11.5 Å². The maximum absolute atomic E-state index is 12.6. The molecule has 0 aliphatic heterocycles. The highest BCUT2D eigenvalue weighted by atomic mass is 79.9. The first-order chi connectivity index (χ1) is 14.8. The lowest BCUT2D eigenvalue weighted by molar-refractivity contribution is -0.123. The maximum Gasteiger partial charge on any atom is 0.276 e. The van der Waals surface area contributed by atoms with Crippen molar-refractivity contribution in [1.29, 1.82) is 0 Å². The Morgan fingerprint density at radius 2 is 1.81 bits per heavy atom. The van der Waals surface area contributed by atoms with Gasteiger partial charge in [0.15, 0.2) is 11.7 Å². The van der Waals surface area contributed by atoms with Crippen molar-refractivity contribution in [1.82, 2.24) is 16.2 Å². The predicted octanol–water partition coefficient (Wildman–Crippen LogP) is 4.08. The van der Waals surface area contributed by atoms with Crippen molar-refractivity contribution in [2.45, 2.75) is 33.1 Å². The number of hydrogen-bond donors (Lipinski definition) is 3. The van der Waals surface area contributed by atoms with Gasteiger partial charge in [-0.3, -0.25) is 25.8 Å². The number of rotatable bonds is 8. The van der Waals surface area contributed by atoms with Crippen LogP contribution in [0.4, 0.5) is 0 Å². The summed E-state index contributed by atoms with van der Waals surface area (Å²) in [5.41, 5.74) is 6.25.